The van der Waals surface area contributed by atoms with E-state index in [1.165, 1.54) is 5.56 Å². The molecule has 0 N–H and O–H groups in total. The van der Waals surface area contributed by atoms with Crippen molar-refractivity contribution in [2.75, 3.05) is 11.6 Å². The number of hydrogen-bond acceptors (Lipinski definition) is 5. The monoisotopic (exact) mass is 393 g/mol. The summed E-state index contributed by atoms with van der Waals surface area (Å²) in [6.07, 6.45) is 3.68. The second-order valence-corrected chi connectivity index (χ2v) is 7.76. The minimum atomic E-state index is -0.524. The highest BCUT2D eigenvalue weighted by Crippen LogP contribution is 2.16. The van der Waals surface area contributed by atoms with Crippen LogP contribution in [0, 0.1) is 0 Å². The van der Waals surface area contributed by atoms with Crippen LogP contribution < -0.4 is 9.75 Å². The molecule has 0 spiro atoms. The summed E-state index contributed by atoms with van der Waals surface area (Å²) >= 11 is 0. The average Bonchev–Trinajstić information content (AvgIpc) is 3.21. The molecule has 152 valence electrons. The van der Waals surface area contributed by atoms with Gasteiger partial charge in [-0.3, -0.25) is 5.01 Å². The molecule has 2 aromatic carbocycles. The number of ether oxygens (including phenoxy) is 2. The average molecular weight is 393 g/mol. The zero-order chi connectivity index (χ0) is 20.7. The van der Waals surface area contributed by atoms with Crippen molar-refractivity contribution in [3.63, 3.8) is 0 Å². The highest BCUT2D eigenvalue weighted by molar-refractivity contribution is 5.71. The van der Waals surface area contributed by atoms with Crippen LogP contribution in [0.2, 0.25) is 0 Å². The Morgan fingerprint density at radius 3 is 2.41 bits per heavy atom. The van der Waals surface area contributed by atoms with E-state index in [0.717, 1.165) is 5.56 Å². The molecule has 0 aliphatic carbocycles. The van der Waals surface area contributed by atoms with Crippen LogP contribution in [0.1, 0.15) is 31.9 Å². The zero-order valence-corrected chi connectivity index (χ0v) is 17.1. The molecule has 3 aromatic rings. The van der Waals surface area contributed by atoms with E-state index >= 15 is 0 Å². The van der Waals surface area contributed by atoms with Gasteiger partial charge in [-0.1, -0.05) is 42.5 Å². The van der Waals surface area contributed by atoms with E-state index in [1.807, 2.05) is 80.3 Å². The lowest BCUT2D eigenvalue weighted by Gasteiger charge is -2.25. The minimum absolute atomic E-state index is 0.117. The van der Waals surface area contributed by atoms with Gasteiger partial charge in [0, 0.05) is 6.20 Å². The van der Waals surface area contributed by atoms with Gasteiger partial charge in [-0.15, -0.1) is 0 Å². The van der Waals surface area contributed by atoms with E-state index in [1.54, 1.807) is 6.20 Å². The first-order valence-electron chi connectivity index (χ1n) is 9.61. The Morgan fingerprint density at radius 2 is 1.72 bits per heavy atom. The summed E-state index contributed by atoms with van der Waals surface area (Å²) in [4.78, 5) is 13.7. The highest BCUT2D eigenvalue weighted by atomic mass is 16.6. The Labute approximate surface area is 171 Å². The largest absolute Gasteiger partial charge is 0.482 e. The van der Waals surface area contributed by atoms with Crippen molar-refractivity contribution in [3.8, 4) is 5.75 Å². The number of nitrogens with zero attached hydrogens (tertiary/aromatic N) is 3. The van der Waals surface area contributed by atoms with Crippen LogP contribution in [0.4, 0.5) is 0 Å². The van der Waals surface area contributed by atoms with Crippen LogP contribution in [-0.4, -0.2) is 28.1 Å². The van der Waals surface area contributed by atoms with Gasteiger partial charge in [-0.25, -0.2) is 4.79 Å². The van der Waals surface area contributed by atoms with Gasteiger partial charge in [0.15, 0.2) is 6.61 Å². The predicted molar refractivity (Wildman–Crippen MR) is 112 cm³/mol. The van der Waals surface area contributed by atoms with Crippen molar-refractivity contribution >= 4 is 5.97 Å². The van der Waals surface area contributed by atoms with Gasteiger partial charge in [0.2, 0.25) is 0 Å². The molecule has 0 radical (unpaired) electrons. The van der Waals surface area contributed by atoms with E-state index in [4.69, 9.17) is 9.47 Å². The molecule has 1 aromatic heterocycles. The predicted octanol–water partition coefficient (Wildman–Crippen LogP) is 3.94. The molecule has 0 fully saturated rings. The smallest absolute Gasteiger partial charge is 0.344 e. The fraction of sp³-hybridized carbons (Fsp3) is 0.304. The Balaban J connectivity index is 1.67. The van der Waals surface area contributed by atoms with E-state index in [-0.39, 0.29) is 12.6 Å². The lowest BCUT2D eigenvalue weighted by molar-refractivity contribution is -0.157. The van der Waals surface area contributed by atoms with Gasteiger partial charge in [-0.2, -0.15) is 9.89 Å². The molecule has 0 bridgehead atoms. The van der Waals surface area contributed by atoms with Crippen LogP contribution >= 0.6 is 0 Å². The topological polar surface area (TPSA) is 56.6 Å². The second kappa shape index (κ2) is 9.28. The van der Waals surface area contributed by atoms with Gasteiger partial charge in [-0.05, 0) is 50.1 Å². The van der Waals surface area contributed by atoms with Crippen LogP contribution in [0.15, 0.2) is 73.1 Å². The first-order chi connectivity index (χ1) is 13.9. The van der Waals surface area contributed by atoms with Gasteiger partial charge >= 0.3 is 5.97 Å². The number of esters is 1. The number of hydrogen-bond donors (Lipinski definition) is 0. The molecule has 0 saturated heterocycles. The van der Waals surface area contributed by atoms with Crippen molar-refractivity contribution in [2.24, 2.45) is 0 Å². The maximum atomic E-state index is 11.9. The number of benzene rings is 2. The number of rotatable bonds is 8. The molecule has 3 rings (SSSR count). The lowest BCUT2D eigenvalue weighted by Crippen LogP contribution is -2.33. The van der Waals surface area contributed by atoms with Gasteiger partial charge in [0.05, 0.1) is 19.3 Å². The number of carbonyl (C=O) groups is 1. The standard InChI is InChI=1S/C23H27N3O3/c1-23(2,3)29-22(27)18-28-21-12-7-11-20(15-21)17-25(26-14-8-13-24-26)16-19-9-5-4-6-10-19/h4-15H,16-18H2,1-3H3. The molecule has 6 nitrogen and oxygen atoms in total. The third-order valence-corrected chi connectivity index (χ3v) is 4.03. The first kappa shape index (κ1) is 20.5. The lowest BCUT2D eigenvalue weighted by atomic mass is 10.2. The quantitative estimate of drug-likeness (QED) is 0.543. The Hall–Kier alpha value is -3.28. The molecule has 6 heteroatoms. The summed E-state index contributed by atoms with van der Waals surface area (Å²) in [5, 5.41) is 6.50. The Kier molecular flexibility index (Phi) is 6.54. The number of aromatic nitrogens is 2. The summed E-state index contributed by atoms with van der Waals surface area (Å²) in [6, 6.07) is 19.9. The SMILES string of the molecule is CC(C)(C)OC(=O)COc1cccc(CN(Cc2ccccc2)n2cccn2)c1. The Bertz CT molecular complexity index is 903. The molecule has 0 amide bonds. The summed E-state index contributed by atoms with van der Waals surface area (Å²) in [5.74, 6) is 0.249. The Morgan fingerprint density at radius 1 is 1.00 bits per heavy atom. The molecule has 0 atom stereocenters. The van der Waals surface area contributed by atoms with E-state index in [9.17, 15) is 4.79 Å². The maximum absolute atomic E-state index is 11.9. The van der Waals surface area contributed by atoms with Gasteiger partial charge in [0.1, 0.15) is 11.4 Å². The van der Waals surface area contributed by atoms with Crippen LogP contribution in [0.5, 0.6) is 5.75 Å². The van der Waals surface area contributed by atoms with Crippen molar-refractivity contribution in [3.05, 3.63) is 84.2 Å². The molecular weight excluding hydrogens is 366 g/mol. The van der Waals surface area contributed by atoms with E-state index in [0.29, 0.717) is 18.8 Å². The number of carbonyl (C=O) groups excluding carboxylic acids is 1. The highest BCUT2D eigenvalue weighted by Gasteiger charge is 2.16. The molecule has 29 heavy (non-hydrogen) atoms. The molecule has 1 heterocycles. The van der Waals surface area contributed by atoms with E-state index in [2.05, 4.69) is 22.2 Å². The fourth-order valence-corrected chi connectivity index (χ4v) is 2.88. The van der Waals surface area contributed by atoms with Crippen molar-refractivity contribution in [1.82, 2.24) is 9.89 Å². The van der Waals surface area contributed by atoms with Crippen LogP contribution in [-0.2, 0) is 22.6 Å². The van der Waals surface area contributed by atoms with Crippen molar-refractivity contribution in [1.29, 1.82) is 0 Å². The van der Waals surface area contributed by atoms with Crippen LogP contribution in [0.3, 0.4) is 0 Å². The third kappa shape index (κ3) is 6.68. The first-order valence-corrected chi connectivity index (χ1v) is 9.61. The second-order valence-electron chi connectivity index (χ2n) is 7.76. The molecule has 0 saturated carbocycles. The maximum Gasteiger partial charge on any atom is 0.344 e. The minimum Gasteiger partial charge on any atom is -0.482 e. The van der Waals surface area contributed by atoms with Crippen LogP contribution in [0.25, 0.3) is 0 Å². The van der Waals surface area contributed by atoms with Gasteiger partial charge < -0.3 is 9.47 Å². The van der Waals surface area contributed by atoms with Gasteiger partial charge in [0.25, 0.3) is 0 Å². The van der Waals surface area contributed by atoms with Crippen molar-refractivity contribution in [2.45, 2.75) is 39.5 Å². The molecule has 0 aliphatic rings. The van der Waals surface area contributed by atoms with E-state index < -0.39 is 5.60 Å². The normalized spacial score (nSPS) is 11.1. The summed E-state index contributed by atoms with van der Waals surface area (Å²) < 4.78 is 10.9. The summed E-state index contributed by atoms with van der Waals surface area (Å²) in [6.45, 7) is 6.74. The molecular formula is C23H27N3O3. The zero-order valence-electron chi connectivity index (χ0n) is 17.1. The third-order valence-electron chi connectivity index (χ3n) is 4.03. The summed E-state index contributed by atoms with van der Waals surface area (Å²) in [5.41, 5.74) is 1.72. The summed E-state index contributed by atoms with van der Waals surface area (Å²) in [7, 11) is 0. The fourth-order valence-electron chi connectivity index (χ4n) is 2.88. The molecule has 0 unspecified atom stereocenters. The molecule has 0 aliphatic heterocycles. The van der Waals surface area contributed by atoms with Crippen molar-refractivity contribution < 1.29 is 14.3 Å².